The molecule has 10 heteroatoms. The quantitative estimate of drug-likeness (QED) is 0.763. The first-order valence-electron chi connectivity index (χ1n) is 6.66. The van der Waals surface area contributed by atoms with Gasteiger partial charge in [-0.3, -0.25) is 0 Å². The van der Waals surface area contributed by atoms with Gasteiger partial charge in [-0.2, -0.15) is 0 Å². The van der Waals surface area contributed by atoms with Crippen LogP contribution in [0.4, 0.5) is 0 Å². The summed E-state index contributed by atoms with van der Waals surface area (Å²) >= 11 is 11.6. The molecule has 0 saturated carbocycles. The van der Waals surface area contributed by atoms with Crippen LogP contribution in [0.5, 0.6) is 0 Å². The normalized spacial score (nSPS) is 12.3. The summed E-state index contributed by atoms with van der Waals surface area (Å²) in [5, 5.41) is 5.43. The minimum Gasteiger partial charge on any atom is -0.225 e. The van der Waals surface area contributed by atoms with Crippen molar-refractivity contribution in [3.05, 3.63) is 58.1 Å². The van der Waals surface area contributed by atoms with E-state index in [1.165, 1.54) is 30.3 Å². The second-order valence-corrected chi connectivity index (χ2v) is 9.06. The van der Waals surface area contributed by atoms with Crippen molar-refractivity contribution in [1.29, 1.82) is 0 Å². The fourth-order valence-electron chi connectivity index (χ4n) is 1.90. The summed E-state index contributed by atoms with van der Waals surface area (Å²) in [6, 6.07) is 9.94. The van der Waals surface area contributed by atoms with Gasteiger partial charge in [0.15, 0.2) is 0 Å². The van der Waals surface area contributed by atoms with Gasteiger partial charge in [-0.1, -0.05) is 35.3 Å². The molecule has 24 heavy (non-hydrogen) atoms. The third-order valence-corrected chi connectivity index (χ3v) is 6.29. The van der Waals surface area contributed by atoms with Crippen LogP contribution in [0.3, 0.4) is 0 Å². The Morgan fingerprint density at radius 2 is 1.46 bits per heavy atom. The highest BCUT2D eigenvalue weighted by Crippen LogP contribution is 2.24. The van der Waals surface area contributed by atoms with Crippen LogP contribution >= 0.6 is 23.2 Å². The van der Waals surface area contributed by atoms with E-state index >= 15 is 0 Å². The summed E-state index contributed by atoms with van der Waals surface area (Å²) in [6.45, 7) is 0.136. The van der Waals surface area contributed by atoms with Gasteiger partial charge in [-0.05, 0) is 42.3 Å². The Bertz CT molecular complexity index is 943. The van der Waals surface area contributed by atoms with Crippen LogP contribution in [0, 0.1) is 0 Å². The van der Waals surface area contributed by atoms with E-state index in [9.17, 15) is 16.8 Å². The summed E-state index contributed by atoms with van der Waals surface area (Å²) in [6.07, 6.45) is 0.380. The molecule has 0 aliphatic carbocycles. The van der Waals surface area contributed by atoms with Gasteiger partial charge in [0.2, 0.25) is 20.0 Å². The average molecular weight is 409 g/mol. The minimum absolute atomic E-state index is 0.00244. The first-order chi connectivity index (χ1) is 11.1. The first kappa shape index (κ1) is 19.2. The molecule has 0 aliphatic rings. The van der Waals surface area contributed by atoms with E-state index in [-0.39, 0.29) is 26.4 Å². The topological polar surface area (TPSA) is 106 Å². The molecule has 0 aromatic heterocycles. The van der Waals surface area contributed by atoms with E-state index in [4.69, 9.17) is 28.3 Å². The van der Waals surface area contributed by atoms with E-state index in [1.54, 1.807) is 12.1 Å². The van der Waals surface area contributed by atoms with Crippen LogP contribution in [0.2, 0.25) is 10.0 Å². The molecular formula is C14H14Cl2N2O4S2. The van der Waals surface area contributed by atoms with Gasteiger partial charge in [0.1, 0.15) is 0 Å². The third-order valence-electron chi connectivity index (χ3n) is 3.16. The zero-order chi connectivity index (χ0) is 18.0. The van der Waals surface area contributed by atoms with E-state index < -0.39 is 20.0 Å². The molecule has 3 N–H and O–H groups in total. The maximum Gasteiger partial charge on any atom is 0.240 e. The van der Waals surface area contributed by atoms with E-state index in [2.05, 4.69) is 4.72 Å². The Morgan fingerprint density at radius 1 is 0.875 bits per heavy atom. The van der Waals surface area contributed by atoms with E-state index in [0.717, 1.165) is 5.56 Å². The minimum atomic E-state index is -3.74. The van der Waals surface area contributed by atoms with Crippen LogP contribution in [-0.2, 0) is 26.5 Å². The molecular weight excluding hydrogens is 395 g/mol. The molecule has 6 nitrogen and oxygen atoms in total. The zero-order valence-electron chi connectivity index (χ0n) is 12.2. The van der Waals surface area contributed by atoms with Crippen LogP contribution in [0.1, 0.15) is 5.56 Å². The van der Waals surface area contributed by atoms with Gasteiger partial charge in [-0.25, -0.2) is 26.7 Å². The van der Waals surface area contributed by atoms with E-state index in [1.807, 2.05) is 0 Å². The Hall–Kier alpha value is -1.16. The summed E-state index contributed by atoms with van der Waals surface area (Å²) in [7, 11) is -7.45. The van der Waals surface area contributed by atoms with Crippen LogP contribution in [-0.4, -0.2) is 23.4 Å². The molecule has 130 valence electrons. The summed E-state index contributed by atoms with van der Waals surface area (Å²) < 4.78 is 49.1. The molecule has 0 bridgehead atoms. The second kappa shape index (κ2) is 7.38. The number of halogens is 2. The third kappa shape index (κ3) is 4.92. The fourth-order valence-corrected chi connectivity index (χ4v) is 3.84. The largest absolute Gasteiger partial charge is 0.240 e. The van der Waals surface area contributed by atoms with Gasteiger partial charge < -0.3 is 0 Å². The van der Waals surface area contributed by atoms with Crippen LogP contribution in [0.25, 0.3) is 0 Å². The highest BCUT2D eigenvalue weighted by Gasteiger charge is 2.15. The summed E-state index contributed by atoms with van der Waals surface area (Å²) in [4.78, 5) is 0.0177. The van der Waals surface area contributed by atoms with Crippen molar-refractivity contribution in [2.24, 2.45) is 5.14 Å². The summed E-state index contributed by atoms with van der Waals surface area (Å²) in [5.41, 5.74) is 0.763. The molecule has 2 aromatic rings. The molecule has 2 rings (SSSR count). The van der Waals surface area contributed by atoms with Gasteiger partial charge in [0.25, 0.3) is 0 Å². The van der Waals surface area contributed by atoms with E-state index in [0.29, 0.717) is 6.42 Å². The smallest absolute Gasteiger partial charge is 0.225 e. The second-order valence-electron chi connectivity index (χ2n) is 4.91. The molecule has 0 radical (unpaired) electrons. The zero-order valence-corrected chi connectivity index (χ0v) is 15.4. The van der Waals surface area contributed by atoms with Crippen molar-refractivity contribution in [3.8, 4) is 0 Å². The number of nitrogens with one attached hydrogen (secondary N) is 1. The Balaban J connectivity index is 2.01. The highest BCUT2D eigenvalue weighted by atomic mass is 35.5. The maximum absolute atomic E-state index is 12.2. The number of hydrogen-bond donors (Lipinski definition) is 2. The fraction of sp³-hybridized carbons (Fsp3) is 0.143. The van der Waals surface area contributed by atoms with Crippen molar-refractivity contribution in [2.45, 2.75) is 16.2 Å². The lowest BCUT2D eigenvalue weighted by Gasteiger charge is -2.08. The summed E-state index contributed by atoms with van der Waals surface area (Å²) in [5.74, 6) is 0. The number of sulfonamides is 2. The average Bonchev–Trinajstić information content (AvgIpc) is 2.49. The van der Waals surface area contributed by atoms with Crippen molar-refractivity contribution < 1.29 is 16.8 Å². The predicted octanol–water partition coefficient (Wildman–Crippen LogP) is 2.16. The van der Waals surface area contributed by atoms with Crippen molar-refractivity contribution in [3.63, 3.8) is 0 Å². The molecule has 0 heterocycles. The predicted molar refractivity (Wildman–Crippen MR) is 93.2 cm³/mol. The monoisotopic (exact) mass is 408 g/mol. The van der Waals surface area contributed by atoms with Gasteiger partial charge in [0, 0.05) is 6.54 Å². The maximum atomic E-state index is 12.2. The number of nitrogens with two attached hydrogens (primary N) is 1. The lowest BCUT2D eigenvalue weighted by atomic mass is 10.2. The molecule has 0 unspecified atom stereocenters. The SMILES string of the molecule is NS(=O)(=O)c1ccc(CCNS(=O)(=O)c2ccc(Cl)c(Cl)c2)cc1. The first-order valence-corrected chi connectivity index (χ1v) is 10.4. The number of benzene rings is 2. The van der Waals surface area contributed by atoms with Crippen LogP contribution < -0.4 is 9.86 Å². The molecule has 2 aromatic carbocycles. The standard InChI is InChI=1S/C14H14Cl2N2O4S2/c15-13-6-5-12(9-14(13)16)24(21,22)18-8-7-10-1-3-11(4-2-10)23(17,19)20/h1-6,9,18H,7-8H2,(H2,17,19,20). The highest BCUT2D eigenvalue weighted by molar-refractivity contribution is 7.89. The lowest BCUT2D eigenvalue weighted by molar-refractivity contribution is 0.581. The number of hydrogen-bond acceptors (Lipinski definition) is 4. The Labute approximate surface area is 150 Å². The Morgan fingerprint density at radius 3 is 2.00 bits per heavy atom. The molecule has 0 atom stereocenters. The molecule has 0 aliphatic heterocycles. The lowest BCUT2D eigenvalue weighted by Crippen LogP contribution is -2.26. The van der Waals surface area contributed by atoms with Crippen molar-refractivity contribution in [2.75, 3.05) is 6.54 Å². The Kier molecular flexibility index (Phi) is 5.90. The molecule has 0 spiro atoms. The number of rotatable bonds is 6. The van der Waals surface area contributed by atoms with Crippen molar-refractivity contribution >= 4 is 43.2 Å². The van der Waals surface area contributed by atoms with Gasteiger partial charge in [-0.15, -0.1) is 0 Å². The molecule has 0 amide bonds. The molecule has 0 fully saturated rings. The van der Waals surface area contributed by atoms with Crippen molar-refractivity contribution in [1.82, 2.24) is 4.72 Å². The number of primary sulfonamides is 1. The van der Waals surface area contributed by atoms with Crippen LogP contribution in [0.15, 0.2) is 52.3 Å². The van der Waals surface area contributed by atoms with Gasteiger partial charge >= 0.3 is 0 Å². The van der Waals surface area contributed by atoms with Gasteiger partial charge in [0.05, 0.1) is 19.8 Å². The molecule has 0 saturated heterocycles.